The Labute approximate surface area is 251 Å². The van der Waals surface area contributed by atoms with Crippen molar-refractivity contribution in [3.05, 3.63) is 0 Å². The fourth-order valence-corrected chi connectivity index (χ4v) is 5.73. The Morgan fingerprint density at radius 3 is 1.52 bits per heavy atom. The molecule has 0 amide bonds. The lowest BCUT2D eigenvalue weighted by Crippen LogP contribution is -2.27. The lowest BCUT2D eigenvalue weighted by Gasteiger charge is -2.21. The minimum atomic E-state index is 0.0830. The highest BCUT2D eigenvalue weighted by Gasteiger charge is 2.19. The van der Waals surface area contributed by atoms with Crippen molar-refractivity contribution >= 4 is 12.3 Å². The van der Waals surface area contributed by atoms with E-state index < -0.39 is 0 Å². The Kier molecular flexibility index (Phi) is 31.9. The van der Waals surface area contributed by atoms with Gasteiger partial charge in [0.25, 0.3) is 0 Å². The van der Waals surface area contributed by atoms with Crippen molar-refractivity contribution in [2.75, 3.05) is 26.2 Å². The van der Waals surface area contributed by atoms with Crippen LogP contribution in [0.1, 0.15) is 188 Å². The topological polar surface area (TPSA) is 46.6 Å². The van der Waals surface area contributed by atoms with Crippen molar-refractivity contribution < 1.29 is 14.3 Å². The van der Waals surface area contributed by atoms with Gasteiger partial charge in [-0.2, -0.15) is 0 Å². The van der Waals surface area contributed by atoms with Crippen LogP contribution in [0, 0.1) is 5.92 Å². The first-order valence-electron chi connectivity index (χ1n) is 18.0. The number of aldehydes is 1. The van der Waals surface area contributed by atoms with E-state index in [1.807, 2.05) is 0 Å². The van der Waals surface area contributed by atoms with Gasteiger partial charge in [-0.3, -0.25) is 4.79 Å². The van der Waals surface area contributed by atoms with Gasteiger partial charge in [-0.1, -0.05) is 136 Å². The number of hydrogen-bond acceptors (Lipinski definition) is 4. The second kappa shape index (κ2) is 32.6. The van der Waals surface area contributed by atoms with Gasteiger partial charge in [-0.15, -0.1) is 0 Å². The maximum Gasteiger partial charge on any atom is 0.308 e. The first-order valence-corrected chi connectivity index (χ1v) is 18.0. The Morgan fingerprint density at radius 1 is 0.550 bits per heavy atom. The predicted molar refractivity (Wildman–Crippen MR) is 174 cm³/mol. The molecule has 0 bridgehead atoms. The van der Waals surface area contributed by atoms with Crippen molar-refractivity contribution in [3.8, 4) is 0 Å². The molecule has 0 aliphatic heterocycles. The predicted octanol–water partition coefficient (Wildman–Crippen LogP) is 10.8. The van der Waals surface area contributed by atoms with Crippen LogP contribution in [-0.4, -0.2) is 43.4 Å². The van der Waals surface area contributed by atoms with Crippen molar-refractivity contribution in [2.24, 2.45) is 5.92 Å². The number of nitrogens with zero attached hydrogens (tertiary/aromatic N) is 1. The Morgan fingerprint density at radius 2 is 1.00 bits per heavy atom. The van der Waals surface area contributed by atoms with Crippen LogP contribution >= 0.6 is 0 Å². The monoisotopic (exact) mass is 566 g/mol. The normalized spacial score (nSPS) is 12.2. The first kappa shape index (κ1) is 39.1. The van der Waals surface area contributed by atoms with Gasteiger partial charge >= 0.3 is 5.97 Å². The molecule has 0 radical (unpaired) electrons. The van der Waals surface area contributed by atoms with Crippen LogP contribution < -0.4 is 0 Å². The van der Waals surface area contributed by atoms with Crippen LogP contribution in [0.4, 0.5) is 0 Å². The molecule has 40 heavy (non-hydrogen) atoms. The van der Waals surface area contributed by atoms with E-state index in [-0.39, 0.29) is 11.9 Å². The van der Waals surface area contributed by atoms with Crippen molar-refractivity contribution in [1.82, 2.24) is 4.90 Å². The number of hydrogen-bond donors (Lipinski definition) is 0. The van der Waals surface area contributed by atoms with E-state index in [1.54, 1.807) is 0 Å². The number of carbonyl (C=O) groups excluding carboxylic acids is 2. The molecule has 0 saturated heterocycles. The molecule has 0 aliphatic rings. The summed E-state index contributed by atoms with van der Waals surface area (Å²) >= 11 is 0. The third kappa shape index (κ3) is 27.3. The summed E-state index contributed by atoms with van der Waals surface area (Å²) in [4.78, 5) is 25.8. The van der Waals surface area contributed by atoms with Gasteiger partial charge in [0.2, 0.25) is 0 Å². The highest BCUT2D eigenvalue weighted by Crippen LogP contribution is 2.21. The molecule has 1 unspecified atom stereocenters. The molecule has 0 aliphatic carbocycles. The molecule has 0 aromatic carbocycles. The third-order valence-corrected chi connectivity index (χ3v) is 8.34. The zero-order valence-corrected chi connectivity index (χ0v) is 27.5. The Balaban J connectivity index is 3.87. The Bertz CT molecular complexity index is 524. The van der Waals surface area contributed by atoms with Gasteiger partial charge < -0.3 is 14.4 Å². The van der Waals surface area contributed by atoms with Gasteiger partial charge in [-0.05, 0) is 64.6 Å². The van der Waals surface area contributed by atoms with Gasteiger partial charge in [0.05, 0.1) is 12.5 Å². The van der Waals surface area contributed by atoms with Crippen LogP contribution in [0.2, 0.25) is 0 Å². The largest absolute Gasteiger partial charge is 0.465 e. The van der Waals surface area contributed by atoms with Crippen LogP contribution in [0.15, 0.2) is 0 Å². The SMILES string of the molecule is CCCCCCCCC(CCCCCC)C(=O)OCCCCCCCCCN(CCC)CCCCCCCC=O. The van der Waals surface area contributed by atoms with Crippen LogP contribution in [0.5, 0.6) is 0 Å². The molecule has 4 heteroatoms. The zero-order chi connectivity index (χ0) is 29.4. The molecule has 4 nitrogen and oxygen atoms in total. The van der Waals surface area contributed by atoms with Crippen molar-refractivity contribution in [1.29, 1.82) is 0 Å². The van der Waals surface area contributed by atoms with E-state index in [4.69, 9.17) is 4.74 Å². The summed E-state index contributed by atoms with van der Waals surface area (Å²) in [7, 11) is 0. The van der Waals surface area contributed by atoms with Crippen molar-refractivity contribution in [3.63, 3.8) is 0 Å². The summed E-state index contributed by atoms with van der Waals surface area (Å²) < 4.78 is 5.76. The van der Waals surface area contributed by atoms with E-state index in [0.29, 0.717) is 6.61 Å². The molecule has 0 fully saturated rings. The summed E-state index contributed by atoms with van der Waals surface area (Å²) in [5.41, 5.74) is 0. The first-order chi connectivity index (χ1) is 19.7. The van der Waals surface area contributed by atoms with E-state index in [1.165, 1.54) is 154 Å². The summed E-state index contributed by atoms with van der Waals surface area (Å²) in [6, 6.07) is 0. The number of carbonyl (C=O) groups is 2. The molecular weight excluding hydrogens is 494 g/mol. The smallest absolute Gasteiger partial charge is 0.308 e. The second-order valence-corrected chi connectivity index (χ2v) is 12.3. The molecule has 0 heterocycles. The number of esters is 1. The average Bonchev–Trinajstić information content (AvgIpc) is 2.96. The average molecular weight is 566 g/mol. The van der Waals surface area contributed by atoms with Crippen LogP contribution in [0.25, 0.3) is 0 Å². The number of rotatable bonds is 33. The summed E-state index contributed by atoms with van der Waals surface area (Å²) in [5, 5.41) is 0. The molecule has 0 rings (SSSR count). The van der Waals surface area contributed by atoms with Crippen LogP contribution in [0.3, 0.4) is 0 Å². The number of unbranched alkanes of at least 4 members (excludes halogenated alkanes) is 19. The molecule has 0 N–H and O–H groups in total. The Hall–Kier alpha value is -0.900. The summed E-state index contributed by atoms with van der Waals surface area (Å²) in [6.07, 6.45) is 32.6. The molecule has 0 saturated carbocycles. The molecular formula is C36H71NO3. The second-order valence-electron chi connectivity index (χ2n) is 12.3. The lowest BCUT2D eigenvalue weighted by atomic mass is 9.94. The van der Waals surface area contributed by atoms with E-state index in [9.17, 15) is 9.59 Å². The minimum Gasteiger partial charge on any atom is -0.465 e. The molecule has 1 atom stereocenters. The zero-order valence-electron chi connectivity index (χ0n) is 27.5. The van der Waals surface area contributed by atoms with E-state index >= 15 is 0 Å². The van der Waals surface area contributed by atoms with Gasteiger partial charge in [0, 0.05) is 6.42 Å². The van der Waals surface area contributed by atoms with Gasteiger partial charge in [0.15, 0.2) is 0 Å². The maximum atomic E-state index is 12.8. The van der Waals surface area contributed by atoms with E-state index in [0.717, 1.165) is 38.4 Å². The number of ether oxygens (including phenoxy) is 1. The van der Waals surface area contributed by atoms with Gasteiger partial charge in [-0.25, -0.2) is 0 Å². The van der Waals surface area contributed by atoms with Gasteiger partial charge in [0.1, 0.15) is 6.29 Å². The van der Waals surface area contributed by atoms with E-state index in [2.05, 4.69) is 25.7 Å². The highest BCUT2D eigenvalue weighted by molar-refractivity contribution is 5.72. The van der Waals surface area contributed by atoms with Crippen LogP contribution in [-0.2, 0) is 14.3 Å². The molecule has 0 aromatic rings. The molecule has 238 valence electrons. The third-order valence-electron chi connectivity index (χ3n) is 8.34. The van der Waals surface area contributed by atoms with Crippen molar-refractivity contribution in [2.45, 2.75) is 188 Å². The standard InChI is InChI=1S/C36H71NO3/c1-4-7-9-11-17-23-29-35(28-22-10-8-5-2)36(39)40-34-27-21-16-12-13-18-24-31-37(30-6-3)32-25-19-14-15-20-26-33-38/h33,35H,4-32,34H2,1-3H3. The maximum absolute atomic E-state index is 12.8. The molecule has 0 spiro atoms. The summed E-state index contributed by atoms with van der Waals surface area (Å²) in [6.45, 7) is 11.1. The fraction of sp³-hybridized carbons (Fsp3) is 0.944. The minimum absolute atomic E-state index is 0.0830. The molecule has 0 aromatic heterocycles. The fourth-order valence-electron chi connectivity index (χ4n) is 5.73. The lowest BCUT2D eigenvalue weighted by molar-refractivity contribution is -0.149. The quantitative estimate of drug-likeness (QED) is 0.0451. The highest BCUT2D eigenvalue weighted by atomic mass is 16.5. The summed E-state index contributed by atoms with van der Waals surface area (Å²) in [5.74, 6) is 0.211.